The highest BCUT2D eigenvalue weighted by molar-refractivity contribution is 5.88. The molecule has 5 heteroatoms. The molecular formula is C14H21N3O2. The summed E-state index contributed by atoms with van der Waals surface area (Å²) in [6, 6.07) is 3.26. The van der Waals surface area contributed by atoms with Crippen LogP contribution < -0.4 is 11.1 Å². The highest BCUT2D eigenvalue weighted by Gasteiger charge is 2.15. The first-order valence-electron chi connectivity index (χ1n) is 6.79. The molecule has 1 heterocycles. The molecule has 0 spiro atoms. The summed E-state index contributed by atoms with van der Waals surface area (Å²) in [7, 11) is 1.34. The van der Waals surface area contributed by atoms with Gasteiger partial charge in [-0.15, -0.1) is 0 Å². The second kappa shape index (κ2) is 6.41. The summed E-state index contributed by atoms with van der Waals surface area (Å²) in [5.74, 6) is 0.811. The fourth-order valence-corrected chi connectivity index (χ4v) is 2.46. The van der Waals surface area contributed by atoms with E-state index < -0.39 is 5.97 Å². The Bertz CT molecular complexity index is 442. The zero-order valence-electron chi connectivity index (χ0n) is 11.3. The number of carbonyl (C=O) groups excluding carboxylic acids is 1. The molecule has 1 aliphatic carbocycles. The normalized spacial score (nSPS) is 16.1. The van der Waals surface area contributed by atoms with Crippen LogP contribution in [0.4, 0.5) is 11.5 Å². The van der Waals surface area contributed by atoms with Gasteiger partial charge in [0.15, 0.2) is 5.69 Å². The Morgan fingerprint density at radius 3 is 2.84 bits per heavy atom. The second-order valence-electron chi connectivity index (χ2n) is 5.01. The van der Waals surface area contributed by atoms with Crippen molar-refractivity contribution >= 4 is 17.5 Å². The van der Waals surface area contributed by atoms with Crippen LogP contribution in [-0.2, 0) is 4.74 Å². The summed E-state index contributed by atoms with van der Waals surface area (Å²) in [5.41, 5.74) is 6.71. The lowest BCUT2D eigenvalue weighted by Crippen LogP contribution is -2.19. The van der Waals surface area contributed by atoms with Gasteiger partial charge in [0.2, 0.25) is 0 Å². The van der Waals surface area contributed by atoms with Crippen molar-refractivity contribution in [3.63, 3.8) is 0 Å². The summed E-state index contributed by atoms with van der Waals surface area (Å²) in [4.78, 5) is 15.6. The highest BCUT2D eigenvalue weighted by atomic mass is 16.5. The molecule has 3 N–H and O–H groups in total. The zero-order valence-corrected chi connectivity index (χ0v) is 11.3. The van der Waals surface area contributed by atoms with Crippen molar-refractivity contribution in [2.24, 2.45) is 5.92 Å². The summed E-state index contributed by atoms with van der Waals surface area (Å²) < 4.78 is 4.66. The van der Waals surface area contributed by atoms with Crippen LogP contribution in [0.1, 0.15) is 42.6 Å². The second-order valence-corrected chi connectivity index (χ2v) is 5.01. The van der Waals surface area contributed by atoms with E-state index >= 15 is 0 Å². The van der Waals surface area contributed by atoms with Crippen LogP contribution in [0.5, 0.6) is 0 Å². The molecule has 0 unspecified atom stereocenters. The molecule has 0 atom stereocenters. The summed E-state index contributed by atoms with van der Waals surface area (Å²) >= 11 is 0. The minimum absolute atomic E-state index is 0.280. The topological polar surface area (TPSA) is 77.2 Å². The fourth-order valence-electron chi connectivity index (χ4n) is 2.46. The number of hydrogen-bond donors (Lipinski definition) is 2. The third-order valence-electron chi connectivity index (χ3n) is 3.60. The van der Waals surface area contributed by atoms with Gasteiger partial charge in [0.05, 0.1) is 12.8 Å². The predicted octanol–water partition coefficient (Wildman–Crippen LogP) is 2.44. The molecule has 0 aromatic carbocycles. The number of nitrogens with one attached hydrogen (secondary N) is 1. The molecule has 104 valence electrons. The van der Waals surface area contributed by atoms with Crippen molar-refractivity contribution in [1.82, 2.24) is 4.98 Å². The standard InChI is InChI=1S/C14H21N3O2/c1-19-14(18)12-8-7-11(15)13(17-12)16-9-10-5-3-2-4-6-10/h7-8,10H,2-6,9,15H2,1H3,(H,16,17). The largest absolute Gasteiger partial charge is 0.464 e. The van der Waals surface area contributed by atoms with Gasteiger partial charge in [-0.2, -0.15) is 0 Å². The van der Waals surface area contributed by atoms with E-state index in [1.807, 2.05) is 0 Å². The van der Waals surface area contributed by atoms with Gasteiger partial charge in [-0.1, -0.05) is 19.3 Å². The summed E-state index contributed by atoms with van der Waals surface area (Å²) in [6.45, 7) is 0.863. The molecule has 0 aliphatic heterocycles. The lowest BCUT2D eigenvalue weighted by molar-refractivity contribution is 0.0594. The van der Waals surface area contributed by atoms with Crippen LogP contribution in [0.25, 0.3) is 0 Å². The van der Waals surface area contributed by atoms with Crippen molar-refractivity contribution in [3.8, 4) is 0 Å². The number of nitrogens with two attached hydrogens (primary N) is 1. The van der Waals surface area contributed by atoms with Crippen molar-refractivity contribution in [2.45, 2.75) is 32.1 Å². The molecule has 1 fully saturated rings. The smallest absolute Gasteiger partial charge is 0.356 e. The van der Waals surface area contributed by atoms with Gasteiger partial charge in [-0.25, -0.2) is 9.78 Å². The molecule has 1 aromatic rings. The molecule has 1 aliphatic rings. The van der Waals surface area contributed by atoms with Gasteiger partial charge >= 0.3 is 5.97 Å². The number of nitrogens with zero attached hydrogens (tertiary/aromatic N) is 1. The Morgan fingerprint density at radius 2 is 2.16 bits per heavy atom. The Hall–Kier alpha value is -1.78. The number of pyridine rings is 1. The van der Waals surface area contributed by atoms with E-state index in [2.05, 4.69) is 15.0 Å². The highest BCUT2D eigenvalue weighted by Crippen LogP contribution is 2.24. The van der Waals surface area contributed by atoms with Gasteiger partial charge in [0.1, 0.15) is 5.82 Å². The SMILES string of the molecule is COC(=O)c1ccc(N)c(NCC2CCCCC2)n1. The minimum atomic E-state index is -0.444. The van der Waals surface area contributed by atoms with E-state index in [1.165, 1.54) is 39.2 Å². The monoisotopic (exact) mass is 263 g/mol. The van der Waals surface area contributed by atoms with Crippen molar-refractivity contribution in [3.05, 3.63) is 17.8 Å². The number of methoxy groups -OCH3 is 1. The van der Waals surface area contributed by atoms with Gasteiger partial charge in [0.25, 0.3) is 0 Å². The van der Waals surface area contributed by atoms with E-state index in [1.54, 1.807) is 12.1 Å². The number of carbonyl (C=O) groups is 1. The molecule has 0 saturated heterocycles. The Kier molecular flexibility index (Phi) is 4.60. The van der Waals surface area contributed by atoms with Gasteiger partial charge in [-0.05, 0) is 30.9 Å². The average Bonchev–Trinajstić information content (AvgIpc) is 2.46. The third kappa shape index (κ3) is 3.59. The fraction of sp³-hybridized carbons (Fsp3) is 0.571. The zero-order chi connectivity index (χ0) is 13.7. The molecule has 19 heavy (non-hydrogen) atoms. The molecular weight excluding hydrogens is 242 g/mol. The van der Waals surface area contributed by atoms with Gasteiger partial charge in [0, 0.05) is 6.54 Å². The molecule has 1 saturated carbocycles. The van der Waals surface area contributed by atoms with Crippen LogP contribution in [0, 0.1) is 5.92 Å². The number of nitrogen functional groups attached to an aromatic ring is 1. The summed E-state index contributed by atoms with van der Waals surface area (Å²) in [6.07, 6.45) is 6.46. The van der Waals surface area contributed by atoms with E-state index in [0.717, 1.165) is 6.54 Å². The number of aromatic nitrogens is 1. The van der Waals surface area contributed by atoms with Gasteiger partial charge < -0.3 is 15.8 Å². The van der Waals surface area contributed by atoms with Gasteiger partial charge in [-0.3, -0.25) is 0 Å². The van der Waals surface area contributed by atoms with Crippen LogP contribution in [-0.4, -0.2) is 24.6 Å². The summed E-state index contributed by atoms with van der Waals surface area (Å²) in [5, 5.41) is 3.26. The first-order chi connectivity index (χ1) is 9.20. The maximum absolute atomic E-state index is 11.4. The Morgan fingerprint density at radius 1 is 1.42 bits per heavy atom. The lowest BCUT2D eigenvalue weighted by Gasteiger charge is -2.22. The maximum Gasteiger partial charge on any atom is 0.356 e. The molecule has 1 aromatic heterocycles. The number of esters is 1. The maximum atomic E-state index is 11.4. The number of ether oxygens (including phenoxy) is 1. The average molecular weight is 263 g/mol. The Balaban J connectivity index is 2.00. The molecule has 5 nitrogen and oxygen atoms in total. The number of rotatable bonds is 4. The number of hydrogen-bond acceptors (Lipinski definition) is 5. The molecule has 2 rings (SSSR count). The van der Waals surface area contributed by atoms with Crippen LogP contribution in [0.3, 0.4) is 0 Å². The minimum Gasteiger partial charge on any atom is -0.464 e. The van der Waals surface area contributed by atoms with Crippen molar-refractivity contribution in [1.29, 1.82) is 0 Å². The van der Waals surface area contributed by atoms with Crippen LogP contribution >= 0.6 is 0 Å². The van der Waals surface area contributed by atoms with E-state index in [0.29, 0.717) is 17.4 Å². The lowest BCUT2D eigenvalue weighted by atomic mass is 9.89. The quantitative estimate of drug-likeness (QED) is 0.816. The number of anilines is 2. The van der Waals surface area contributed by atoms with Crippen LogP contribution in [0.2, 0.25) is 0 Å². The first kappa shape index (κ1) is 13.6. The van der Waals surface area contributed by atoms with Crippen molar-refractivity contribution in [2.75, 3.05) is 24.7 Å². The first-order valence-corrected chi connectivity index (χ1v) is 6.79. The van der Waals surface area contributed by atoms with E-state index in [-0.39, 0.29) is 5.69 Å². The third-order valence-corrected chi connectivity index (χ3v) is 3.60. The molecule has 0 radical (unpaired) electrons. The molecule has 0 bridgehead atoms. The predicted molar refractivity (Wildman–Crippen MR) is 75.1 cm³/mol. The Labute approximate surface area is 113 Å². The van der Waals surface area contributed by atoms with Crippen LogP contribution in [0.15, 0.2) is 12.1 Å². The van der Waals surface area contributed by atoms with E-state index in [4.69, 9.17) is 5.73 Å². The van der Waals surface area contributed by atoms with Crippen molar-refractivity contribution < 1.29 is 9.53 Å². The van der Waals surface area contributed by atoms with E-state index in [9.17, 15) is 4.79 Å². The molecule has 0 amide bonds.